The number of rotatable bonds is 5. The molecule has 1 aliphatic heterocycles. The summed E-state index contributed by atoms with van der Waals surface area (Å²) in [5.41, 5.74) is 0.169. The lowest BCUT2D eigenvalue weighted by molar-refractivity contribution is 0.0423. The predicted octanol–water partition coefficient (Wildman–Crippen LogP) is 1.02. The van der Waals surface area contributed by atoms with Gasteiger partial charge in [-0.25, -0.2) is 9.78 Å². The van der Waals surface area contributed by atoms with E-state index in [4.69, 9.17) is 9.76 Å². The average molecular weight is 335 g/mol. The van der Waals surface area contributed by atoms with E-state index in [1.165, 1.54) is 4.90 Å². The molecule has 0 radical (unpaired) electrons. The molecule has 0 unspecified atom stereocenters. The summed E-state index contributed by atoms with van der Waals surface area (Å²) in [6.45, 7) is 10.1. The first-order valence-corrected chi connectivity index (χ1v) is 8.25. The number of piperazine rings is 1. The molecule has 1 fully saturated rings. The molecule has 0 spiro atoms. The van der Waals surface area contributed by atoms with Gasteiger partial charge in [-0.05, 0) is 25.8 Å². The van der Waals surface area contributed by atoms with Crippen LogP contribution in [0.3, 0.4) is 0 Å². The summed E-state index contributed by atoms with van der Waals surface area (Å²) < 4.78 is 5.74. The van der Waals surface area contributed by atoms with Crippen molar-refractivity contribution in [3.8, 4) is 0 Å². The lowest BCUT2D eigenvalue weighted by atomic mass is 9.78. The lowest BCUT2D eigenvalue weighted by Gasteiger charge is -2.34. The molecule has 2 heterocycles. The number of carbonyl (C=O) groups is 1. The fraction of sp³-hybridized carbons (Fsp3) is 0.625. The third kappa shape index (κ3) is 4.39. The number of carboxylic acid groups (broad SMARTS) is 1. The second kappa shape index (κ2) is 7.40. The van der Waals surface area contributed by atoms with E-state index in [-0.39, 0.29) is 5.92 Å². The van der Waals surface area contributed by atoms with Crippen LogP contribution in [0, 0.1) is 5.92 Å². The van der Waals surface area contributed by atoms with Crippen molar-refractivity contribution in [2.45, 2.75) is 33.3 Å². The Morgan fingerprint density at radius 3 is 2.38 bits per heavy atom. The van der Waals surface area contributed by atoms with Gasteiger partial charge in [0.15, 0.2) is 0 Å². The Hall–Kier alpha value is -1.80. The van der Waals surface area contributed by atoms with Crippen LogP contribution in [0.25, 0.3) is 0 Å². The van der Waals surface area contributed by atoms with Crippen molar-refractivity contribution >= 4 is 24.5 Å². The quantitative estimate of drug-likeness (QED) is 0.782. The second-order valence-electron chi connectivity index (χ2n) is 6.93. The van der Waals surface area contributed by atoms with Crippen LogP contribution < -0.4 is 10.4 Å². The van der Waals surface area contributed by atoms with Gasteiger partial charge in [-0.3, -0.25) is 0 Å². The first-order valence-electron chi connectivity index (χ1n) is 8.25. The zero-order valence-electron chi connectivity index (χ0n) is 14.8. The maximum atomic E-state index is 10.9. The Morgan fingerprint density at radius 2 is 1.92 bits per heavy atom. The maximum absolute atomic E-state index is 10.9. The smallest absolute Gasteiger partial charge is 0.465 e. The van der Waals surface area contributed by atoms with Crippen LogP contribution in [-0.4, -0.2) is 65.0 Å². The molecule has 0 saturated carbocycles. The highest BCUT2D eigenvalue weighted by Crippen LogP contribution is 2.21. The van der Waals surface area contributed by atoms with Gasteiger partial charge in [0.1, 0.15) is 5.82 Å². The first-order chi connectivity index (χ1) is 11.2. The Bertz CT molecular complexity index is 557. The molecule has 2 rings (SSSR count). The van der Waals surface area contributed by atoms with Crippen LogP contribution in [0.4, 0.5) is 10.6 Å². The molecule has 1 saturated heterocycles. The topological polar surface area (TPSA) is 86.1 Å². The van der Waals surface area contributed by atoms with E-state index in [1.807, 2.05) is 38.7 Å². The van der Waals surface area contributed by atoms with E-state index < -0.39 is 18.8 Å². The van der Waals surface area contributed by atoms with E-state index >= 15 is 0 Å². The van der Waals surface area contributed by atoms with E-state index in [0.717, 1.165) is 5.82 Å². The van der Waals surface area contributed by atoms with Gasteiger partial charge in [-0.2, -0.15) is 0 Å². The van der Waals surface area contributed by atoms with Gasteiger partial charge in [0, 0.05) is 37.8 Å². The fourth-order valence-electron chi connectivity index (χ4n) is 2.35. The van der Waals surface area contributed by atoms with Crippen LogP contribution in [0.2, 0.25) is 0 Å². The van der Waals surface area contributed by atoms with Gasteiger partial charge in [0.25, 0.3) is 0 Å². The molecule has 7 nitrogen and oxygen atoms in total. The number of hydrogen-bond acceptors (Lipinski definition) is 5. The number of anilines is 1. The minimum absolute atomic E-state index is 0.268. The van der Waals surface area contributed by atoms with E-state index in [1.54, 1.807) is 12.3 Å². The summed E-state index contributed by atoms with van der Waals surface area (Å²) in [5.74, 6) is 1.05. The van der Waals surface area contributed by atoms with E-state index in [2.05, 4.69) is 4.98 Å². The van der Waals surface area contributed by atoms with Gasteiger partial charge in [-0.1, -0.05) is 19.9 Å². The Labute approximate surface area is 143 Å². The number of nitrogens with zero attached hydrogens (tertiary/aromatic N) is 3. The number of amides is 1. The zero-order valence-corrected chi connectivity index (χ0v) is 14.8. The summed E-state index contributed by atoms with van der Waals surface area (Å²) in [6.07, 6.45) is 0.728. The van der Waals surface area contributed by atoms with Gasteiger partial charge in [0.2, 0.25) is 0 Å². The summed E-state index contributed by atoms with van der Waals surface area (Å²) in [6, 6.07) is 3.63. The third-order valence-electron chi connectivity index (χ3n) is 4.74. The molecule has 1 aromatic heterocycles. The van der Waals surface area contributed by atoms with E-state index in [0.29, 0.717) is 31.6 Å². The summed E-state index contributed by atoms with van der Waals surface area (Å²) in [5, 5.41) is 19.2. The molecule has 132 valence electrons. The SMILES string of the molecule is CC(C)C(C)(C)OB(O)c1ccc(N2CCN(C(=O)O)CC2)nc1. The number of hydrogen-bond donors (Lipinski definition) is 2. The maximum Gasteiger partial charge on any atom is 0.493 e. The highest BCUT2D eigenvalue weighted by Gasteiger charge is 2.30. The molecular weight excluding hydrogens is 309 g/mol. The Balaban J connectivity index is 1.97. The lowest BCUT2D eigenvalue weighted by Crippen LogP contribution is -2.48. The fourth-order valence-corrected chi connectivity index (χ4v) is 2.35. The largest absolute Gasteiger partial charge is 0.493 e. The predicted molar refractivity (Wildman–Crippen MR) is 93.7 cm³/mol. The molecule has 0 aliphatic carbocycles. The minimum Gasteiger partial charge on any atom is -0.465 e. The van der Waals surface area contributed by atoms with Crippen molar-refractivity contribution in [3.05, 3.63) is 18.3 Å². The number of pyridine rings is 1. The van der Waals surface area contributed by atoms with Crippen LogP contribution in [-0.2, 0) is 4.65 Å². The Morgan fingerprint density at radius 1 is 1.29 bits per heavy atom. The molecule has 8 heteroatoms. The first kappa shape index (κ1) is 18.5. The molecule has 24 heavy (non-hydrogen) atoms. The standard InChI is InChI=1S/C16H26BN3O4/c1-12(2)16(3,4)24-17(23)13-5-6-14(18-11-13)19-7-9-20(10-8-19)15(21)22/h5-6,11-12,23H,7-10H2,1-4H3,(H,21,22). The third-order valence-corrected chi connectivity index (χ3v) is 4.74. The summed E-state index contributed by atoms with van der Waals surface area (Å²) in [4.78, 5) is 18.8. The van der Waals surface area contributed by atoms with Crippen molar-refractivity contribution in [3.63, 3.8) is 0 Å². The van der Waals surface area contributed by atoms with Crippen LogP contribution in [0.15, 0.2) is 18.3 Å². The van der Waals surface area contributed by atoms with Gasteiger partial charge in [0.05, 0.1) is 5.60 Å². The van der Waals surface area contributed by atoms with Gasteiger partial charge >= 0.3 is 13.2 Å². The average Bonchev–Trinajstić information content (AvgIpc) is 2.54. The van der Waals surface area contributed by atoms with Crippen LogP contribution >= 0.6 is 0 Å². The number of aromatic nitrogens is 1. The van der Waals surface area contributed by atoms with Gasteiger partial charge < -0.3 is 24.6 Å². The molecular formula is C16H26BN3O4. The monoisotopic (exact) mass is 335 g/mol. The Kier molecular flexibility index (Phi) is 5.72. The molecule has 2 N–H and O–H groups in total. The normalized spacial score (nSPS) is 15.8. The molecule has 0 atom stereocenters. The van der Waals surface area contributed by atoms with Gasteiger partial charge in [-0.15, -0.1) is 0 Å². The molecule has 1 aliphatic rings. The van der Waals surface area contributed by atoms with E-state index in [9.17, 15) is 9.82 Å². The summed E-state index contributed by atoms with van der Waals surface area (Å²) in [7, 11) is -1.02. The van der Waals surface area contributed by atoms with Crippen molar-refractivity contribution in [2.24, 2.45) is 5.92 Å². The second-order valence-corrected chi connectivity index (χ2v) is 6.93. The zero-order chi connectivity index (χ0) is 17.9. The van der Waals surface area contributed by atoms with Crippen molar-refractivity contribution < 1.29 is 19.6 Å². The highest BCUT2D eigenvalue weighted by molar-refractivity contribution is 6.60. The minimum atomic E-state index is -1.02. The molecule has 1 aromatic rings. The van der Waals surface area contributed by atoms with Crippen molar-refractivity contribution in [1.29, 1.82) is 0 Å². The molecule has 1 amide bonds. The molecule has 0 bridgehead atoms. The van der Waals surface area contributed by atoms with Crippen LogP contribution in [0.1, 0.15) is 27.7 Å². The van der Waals surface area contributed by atoms with Crippen LogP contribution in [0.5, 0.6) is 0 Å². The molecule has 0 aromatic carbocycles. The van der Waals surface area contributed by atoms with Crippen molar-refractivity contribution in [1.82, 2.24) is 9.88 Å². The van der Waals surface area contributed by atoms with Crippen molar-refractivity contribution in [2.75, 3.05) is 31.1 Å². The highest BCUT2D eigenvalue weighted by atomic mass is 16.5. The summed E-state index contributed by atoms with van der Waals surface area (Å²) >= 11 is 0.